The Labute approximate surface area is 179 Å². The normalized spacial score (nSPS) is 10.6. The van der Waals surface area contributed by atoms with Gasteiger partial charge in [0.1, 0.15) is 11.5 Å². The summed E-state index contributed by atoms with van der Waals surface area (Å²) in [7, 11) is 3.18. The van der Waals surface area contributed by atoms with Crippen LogP contribution in [0.4, 0.5) is 0 Å². The molecule has 1 N–H and O–H groups in total. The predicted octanol–water partition coefficient (Wildman–Crippen LogP) is 3.94. The quantitative estimate of drug-likeness (QED) is 0.519. The lowest BCUT2D eigenvalue weighted by Gasteiger charge is -2.13. The van der Waals surface area contributed by atoms with Crippen molar-refractivity contribution in [2.45, 2.75) is 6.54 Å². The van der Waals surface area contributed by atoms with Crippen LogP contribution in [0.3, 0.4) is 0 Å². The van der Waals surface area contributed by atoms with Gasteiger partial charge in [-0.3, -0.25) is 14.2 Å². The molecule has 0 saturated heterocycles. The van der Waals surface area contributed by atoms with Crippen LogP contribution in [-0.4, -0.2) is 24.7 Å². The molecular weight excluding hydrogens is 392 g/mol. The molecule has 0 unspecified atom stereocenters. The van der Waals surface area contributed by atoms with Crippen LogP contribution in [0.25, 0.3) is 16.5 Å². The van der Waals surface area contributed by atoms with Gasteiger partial charge < -0.3 is 14.8 Å². The summed E-state index contributed by atoms with van der Waals surface area (Å²) in [4.78, 5) is 26.2. The zero-order valence-corrected chi connectivity index (χ0v) is 17.3. The number of rotatable bonds is 6. The molecule has 156 valence electrons. The summed E-state index contributed by atoms with van der Waals surface area (Å²) < 4.78 is 11.9. The average Bonchev–Trinajstić information content (AvgIpc) is 2.83. The number of nitrogens with zero attached hydrogens (tertiary/aromatic N) is 1. The lowest BCUT2D eigenvalue weighted by Crippen LogP contribution is -2.27. The molecule has 3 aromatic carbocycles. The zero-order valence-electron chi connectivity index (χ0n) is 17.3. The van der Waals surface area contributed by atoms with Gasteiger partial charge in [0.25, 0.3) is 11.5 Å². The Morgan fingerprint density at radius 1 is 0.871 bits per heavy atom. The maximum absolute atomic E-state index is 13.1. The third-order valence-corrected chi connectivity index (χ3v) is 5.11. The van der Waals surface area contributed by atoms with Gasteiger partial charge in [-0.15, -0.1) is 0 Å². The third-order valence-electron chi connectivity index (χ3n) is 5.11. The van der Waals surface area contributed by atoms with Crippen LogP contribution in [0.1, 0.15) is 15.9 Å². The molecule has 0 fully saturated rings. The molecule has 0 bridgehead atoms. The smallest absolute Gasteiger partial charge is 0.262 e. The number of benzene rings is 3. The van der Waals surface area contributed by atoms with Crippen molar-refractivity contribution >= 4 is 16.7 Å². The van der Waals surface area contributed by atoms with Crippen molar-refractivity contribution in [2.24, 2.45) is 0 Å². The molecule has 0 spiro atoms. The van der Waals surface area contributed by atoms with Gasteiger partial charge in [0.15, 0.2) is 0 Å². The Balaban J connectivity index is 1.72. The number of hydrogen-bond donors (Lipinski definition) is 1. The summed E-state index contributed by atoms with van der Waals surface area (Å²) in [5.41, 5.74) is 1.79. The van der Waals surface area contributed by atoms with Crippen LogP contribution in [0.2, 0.25) is 0 Å². The lowest BCUT2D eigenvalue weighted by molar-refractivity contribution is 0.0952. The number of pyridine rings is 1. The minimum atomic E-state index is -0.260. The van der Waals surface area contributed by atoms with Gasteiger partial charge in [0, 0.05) is 29.6 Å². The summed E-state index contributed by atoms with van der Waals surface area (Å²) in [5, 5.41) is 4.03. The van der Waals surface area contributed by atoms with Crippen LogP contribution in [0.5, 0.6) is 11.5 Å². The topological polar surface area (TPSA) is 69.6 Å². The van der Waals surface area contributed by atoms with Gasteiger partial charge in [-0.2, -0.15) is 0 Å². The number of carbonyl (C=O) groups excluding carboxylic acids is 1. The highest BCUT2D eigenvalue weighted by Gasteiger charge is 2.15. The molecule has 0 radical (unpaired) electrons. The van der Waals surface area contributed by atoms with Crippen molar-refractivity contribution in [1.29, 1.82) is 0 Å². The highest BCUT2D eigenvalue weighted by atomic mass is 16.5. The van der Waals surface area contributed by atoms with Crippen LogP contribution in [0, 0.1) is 0 Å². The van der Waals surface area contributed by atoms with Crippen LogP contribution in [-0.2, 0) is 6.54 Å². The Bertz CT molecular complexity index is 1290. The first-order chi connectivity index (χ1) is 15.1. The highest BCUT2D eigenvalue weighted by molar-refractivity contribution is 6.06. The molecule has 1 amide bonds. The summed E-state index contributed by atoms with van der Waals surface area (Å²) in [6, 6.07) is 21.8. The Morgan fingerprint density at radius 2 is 1.58 bits per heavy atom. The number of ether oxygens (including phenoxy) is 2. The second-order valence-electron chi connectivity index (χ2n) is 7.00. The van der Waals surface area contributed by atoms with E-state index in [-0.39, 0.29) is 11.5 Å². The molecule has 0 aliphatic heterocycles. The van der Waals surface area contributed by atoms with E-state index in [1.807, 2.05) is 30.3 Å². The van der Waals surface area contributed by atoms with Crippen molar-refractivity contribution in [2.75, 3.05) is 14.2 Å². The van der Waals surface area contributed by atoms with E-state index in [1.54, 1.807) is 62.9 Å². The van der Waals surface area contributed by atoms with Gasteiger partial charge in [0.05, 0.1) is 25.5 Å². The fourth-order valence-electron chi connectivity index (χ4n) is 3.45. The van der Waals surface area contributed by atoms with E-state index in [1.165, 1.54) is 4.57 Å². The minimum absolute atomic E-state index is 0.199. The second-order valence-corrected chi connectivity index (χ2v) is 7.00. The zero-order chi connectivity index (χ0) is 21.8. The predicted molar refractivity (Wildman–Crippen MR) is 120 cm³/mol. The van der Waals surface area contributed by atoms with Crippen molar-refractivity contribution in [1.82, 2.24) is 9.88 Å². The molecule has 0 atom stereocenters. The van der Waals surface area contributed by atoms with Gasteiger partial charge in [0.2, 0.25) is 0 Å². The van der Waals surface area contributed by atoms with Crippen molar-refractivity contribution in [3.05, 3.63) is 100 Å². The van der Waals surface area contributed by atoms with Gasteiger partial charge in [-0.1, -0.05) is 36.4 Å². The molecule has 31 heavy (non-hydrogen) atoms. The maximum atomic E-state index is 13.1. The molecular formula is C25H22N2O4. The Kier molecular flexibility index (Phi) is 5.71. The van der Waals surface area contributed by atoms with E-state index in [2.05, 4.69) is 5.32 Å². The van der Waals surface area contributed by atoms with Crippen molar-refractivity contribution < 1.29 is 14.3 Å². The van der Waals surface area contributed by atoms with Gasteiger partial charge >= 0.3 is 0 Å². The van der Waals surface area contributed by atoms with Gasteiger partial charge in [-0.25, -0.2) is 0 Å². The van der Waals surface area contributed by atoms with E-state index >= 15 is 0 Å². The summed E-state index contributed by atoms with van der Waals surface area (Å²) >= 11 is 0. The van der Waals surface area contributed by atoms with E-state index in [0.717, 1.165) is 11.3 Å². The molecule has 1 aromatic heterocycles. The summed E-state index contributed by atoms with van der Waals surface area (Å²) in [5.74, 6) is 1.12. The van der Waals surface area contributed by atoms with Crippen molar-refractivity contribution in [3.8, 4) is 17.2 Å². The van der Waals surface area contributed by atoms with E-state index in [4.69, 9.17) is 9.47 Å². The molecule has 0 aliphatic rings. The average molecular weight is 414 g/mol. The number of methoxy groups -OCH3 is 2. The standard InChI is InChI=1S/C25H22N2O4/c1-30-19-12-10-17(11-13-19)15-26-24(28)23-16-27(18-6-5-7-20(14-18)31-2)25(29)22-9-4-3-8-21(22)23/h3-14,16H,15H2,1-2H3,(H,26,28). The third kappa shape index (κ3) is 4.14. The van der Waals surface area contributed by atoms with E-state index in [0.29, 0.717) is 34.3 Å². The molecule has 4 rings (SSSR count). The highest BCUT2D eigenvalue weighted by Crippen LogP contribution is 2.20. The molecule has 4 aromatic rings. The van der Waals surface area contributed by atoms with Gasteiger partial charge in [-0.05, 0) is 35.9 Å². The molecule has 6 nitrogen and oxygen atoms in total. The minimum Gasteiger partial charge on any atom is -0.497 e. The fourth-order valence-corrected chi connectivity index (χ4v) is 3.45. The van der Waals surface area contributed by atoms with Crippen LogP contribution >= 0.6 is 0 Å². The first kappa shape index (κ1) is 20.2. The van der Waals surface area contributed by atoms with Crippen LogP contribution in [0.15, 0.2) is 83.8 Å². The first-order valence-electron chi connectivity index (χ1n) is 9.80. The first-order valence-corrected chi connectivity index (χ1v) is 9.80. The number of hydrogen-bond acceptors (Lipinski definition) is 4. The monoisotopic (exact) mass is 414 g/mol. The Morgan fingerprint density at radius 3 is 2.29 bits per heavy atom. The Hall–Kier alpha value is -4.06. The number of fused-ring (bicyclic) bond motifs is 1. The molecule has 0 saturated carbocycles. The lowest BCUT2D eigenvalue weighted by atomic mass is 10.1. The summed E-state index contributed by atoms with van der Waals surface area (Å²) in [6.07, 6.45) is 1.59. The number of nitrogens with one attached hydrogen (secondary N) is 1. The van der Waals surface area contributed by atoms with Crippen LogP contribution < -0.4 is 20.3 Å². The molecule has 0 aliphatic carbocycles. The van der Waals surface area contributed by atoms with E-state index < -0.39 is 0 Å². The maximum Gasteiger partial charge on any atom is 0.262 e. The van der Waals surface area contributed by atoms with E-state index in [9.17, 15) is 9.59 Å². The molecule has 1 heterocycles. The number of carbonyl (C=O) groups is 1. The fraction of sp³-hybridized carbons (Fsp3) is 0.120. The number of amides is 1. The number of aromatic nitrogens is 1. The largest absolute Gasteiger partial charge is 0.497 e. The SMILES string of the molecule is COc1ccc(CNC(=O)c2cn(-c3cccc(OC)c3)c(=O)c3ccccc23)cc1. The second kappa shape index (κ2) is 8.75. The summed E-state index contributed by atoms with van der Waals surface area (Å²) in [6.45, 7) is 0.357. The molecule has 6 heteroatoms. The van der Waals surface area contributed by atoms with Crippen molar-refractivity contribution in [3.63, 3.8) is 0 Å².